The normalized spacial score (nSPS) is 22.9. The van der Waals surface area contributed by atoms with Crippen LogP contribution >= 0.6 is 11.8 Å². The number of nitrogens with two attached hydrogens (primary N) is 1. The molecule has 1 fully saturated rings. The predicted octanol–water partition coefficient (Wildman–Crippen LogP) is 1.53. The summed E-state index contributed by atoms with van der Waals surface area (Å²) in [4.78, 5) is 11.3. The smallest absolute Gasteiger partial charge is 0.237 e. The summed E-state index contributed by atoms with van der Waals surface area (Å²) >= 11 is 1.96. The van der Waals surface area contributed by atoms with Crippen molar-refractivity contribution in [2.24, 2.45) is 5.73 Å². The average molecular weight is 274 g/mol. The number of unbranched alkanes of at least 4 members (excludes halogenated alkanes) is 1. The summed E-state index contributed by atoms with van der Waals surface area (Å²) in [6, 6.07) is 0. The molecule has 2 atom stereocenters. The van der Waals surface area contributed by atoms with Crippen LogP contribution in [0, 0.1) is 0 Å². The highest BCUT2D eigenvalue weighted by atomic mass is 32.2. The first-order valence-electron chi connectivity index (χ1n) is 6.76. The summed E-state index contributed by atoms with van der Waals surface area (Å²) in [5.74, 6) is 1.98. The molecule has 106 valence electrons. The highest BCUT2D eigenvalue weighted by molar-refractivity contribution is 7.99. The molecule has 0 radical (unpaired) electrons. The molecule has 0 aromatic carbocycles. The summed E-state index contributed by atoms with van der Waals surface area (Å²) in [6.45, 7) is 2.80. The van der Waals surface area contributed by atoms with Gasteiger partial charge < -0.3 is 15.8 Å². The van der Waals surface area contributed by atoms with Crippen LogP contribution < -0.4 is 11.1 Å². The van der Waals surface area contributed by atoms with E-state index in [0.29, 0.717) is 6.10 Å². The highest BCUT2D eigenvalue weighted by Crippen LogP contribution is 2.19. The molecular weight excluding hydrogens is 248 g/mol. The molecule has 0 saturated carbocycles. The Bertz CT molecular complexity index is 257. The lowest BCUT2D eigenvalue weighted by Gasteiger charge is -2.25. The molecular formula is C13H26N2O2S. The van der Waals surface area contributed by atoms with E-state index in [1.165, 1.54) is 12.8 Å². The summed E-state index contributed by atoms with van der Waals surface area (Å²) in [7, 11) is 1.79. The molecule has 1 heterocycles. The van der Waals surface area contributed by atoms with E-state index in [9.17, 15) is 4.79 Å². The molecule has 1 amide bonds. The van der Waals surface area contributed by atoms with Crippen LogP contribution in [0.2, 0.25) is 0 Å². The Kier molecular flexibility index (Phi) is 7.04. The quantitative estimate of drug-likeness (QED) is 0.626. The van der Waals surface area contributed by atoms with E-state index in [-0.39, 0.29) is 5.91 Å². The van der Waals surface area contributed by atoms with E-state index in [2.05, 4.69) is 5.32 Å². The second kappa shape index (κ2) is 8.02. The molecule has 2 unspecified atom stereocenters. The van der Waals surface area contributed by atoms with E-state index in [0.717, 1.165) is 37.4 Å². The lowest BCUT2D eigenvalue weighted by molar-refractivity contribution is -0.123. The number of primary amides is 1. The standard InChI is InChI=1S/C13H26N2O2S/c1-13(15-2,12(14)16)7-3-4-9-18-10-11-6-5-8-17-11/h11,15H,3-10H2,1-2H3,(H2,14,16). The first-order valence-corrected chi connectivity index (χ1v) is 7.92. The number of thioether (sulfide) groups is 1. The lowest BCUT2D eigenvalue weighted by Crippen LogP contribution is -2.51. The van der Waals surface area contributed by atoms with Crippen LogP contribution in [0.4, 0.5) is 0 Å². The number of hydrogen-bond donors (Lipinski definition) is 2. The third-order valence-corrected chi connectivity index (χ3v) is 4.82. The minimum absolute atomic E-state index is 0.267. The monoisotopic (exact) mass is 274 g/mol. The third-order valence-electron chi connectivity index (χ3n) is 3.64. The Labute approximate surface area is 114 Å². The van der Waals surface area contributed by atoms with Crippen molar-refractivity contribution >= 4 is 17.7 Å². The van der Waals surface area contributed by atoms with Gasteiger partial charge in [0.2, 0.25) is 5.91 Å². The van der Waals surface area contributed by atoms with Crippen molar-refractivity contribution in [3.05, 3.63) is 0 Å². The number of nitrogens with one attached hydrogen (secondary N) is 1. The van der Waals surface area contributed by atoms with Gasteiger partial charge in [-0.15, -0.1) is 0 Å². The van der Waals surface area contributed by atoms with E-state index in [1.807, 2.05) is 18.7 Å². The zero-order valence-electron chi connectivity index (χ0n) is 11.5. The maximum Gasteiger partial charge on any atom is 0.237 e. The molecule has 0 spiro atoms. The van der Waals surface area contributed by atoms with E-state index >= 15 is 0 Å². The fourth-order valence-electron chi connectivity index (χ4n) is 2.04. The Morgan fingerprint density at radius 2 is 2.33 bits per heavy atom. The maximum atomic E-state index is 11.3. The van der Waals surface area contributed by atoms with Crippen molar-refractivity contribution in [1.82, 2.24) is 5.32 Å². The third kappa shape index (κ3) is 5.16. The number of carbonyl (C=O) groups excluding carboxylic acids is 1. The van der Waals surface area contributed by atoms with Crippen LogP contribution in [-0.2, 0) is 9.53 Å². The van der Waals surface area contributed by atoms with Gasteiger partial charge in [-0.3, -0.25) is 4.79 Å². The van der Waals surface area contributed by atoms with Crippen molar-refractivity contribution in [3.8, 4) is 0 Å². The van der Waals surface area contributed by atoms with Crippen LogP contribution in [0.25, 0.3) is 0 Å². The Balaban J connectivity index is 2.02. The van der Waals surface area contributed by atoms with Crippen molar-refractivity contribution in [1.29, 1.82) is 0 Å². The molecule has 1 saturated heterocycles. The Hall–Kier alpha value is -0.260. The molecule has 1 aliphatic rings. The average Bonchev–Trinajstić information content (AvgIpc) is 2.86. The van der Waals surface area contributed by atoms with Crippen LogP contribution in [0.5, 0.6) is 0 Å². The number of hydrogen-bond acceptors (Lipinski definition) is 4. The zero-order valence-corrected chi connectivity index (χ0v) is 12.4. The van der Waals surface area contributed by atoms with Gasteiger partial charge >= 0.3 is 0 Å². The van der Waals surface area contributed by atoms with Crippen molar-refractivity contribution < 1.29 is 9.53 Å². The number of ether oxygens (including phenoxy) is 1. The molecule has 5 heteroatoms. The predicted molar refractivity (Wildman–Crippen MR) is 76.8 cm³/mol. The molecule has 1 aliphatic heterocycles. The molecule has 1 rings (SSSR count). The fraction of sp³-hybridized carbons (Fsp3) is 0.923. The van der Waals surface area contributed by atoms with Gasteiger partial charge in [0.1, 0.15) is 0 Å². The zero-order chi connectivity index (χ0) is 13.4. The van der Waals surface area contributed by atoms with Crippen molar-refractivity contribution in [2.45, 2.75) is 50.7 Å². The van der Waals surface area contributed by atoms with Crippen LogP contribution in [0.1, 0.15) is 39.0 Å². The van der Waals surface area contributed by atoms with Gasteiger partial charge in [-0.25, -0.2) is 0 Å². The molecule has 0 aromatic heterocycles. The second-order valence-electron chi connectivity index (χ2n) is 5.11. The summed E-state index contributed by atoms with van der Waals surface area (Å²) in [6.07, 6.45) is 5.86. The van der Waals surface area contributed by atoms with Gasteiger partial charge in [0, 0.05) is 12.4 Å². The maximum absolute atomic E-state index is 11.3. The van der Waals surface area contributed by atoms with Crippen LogP contribution in [0.3, 0.4) is 0 Å². The van der Waals surface area contributed by atoms with Gasteiger partial charge in [0.25, 0.3) is 0 Å². The summed E-state index contributed by atoms with van der Waals surface area (Å²) in [5.41, 5.74) is 4.83. The summed E-state index contributed by atoms with van der Waals surface area (Å²) < 4.78 is 5.57. The van der Waals surface area contributed by atoms with Crippen LogP contribution in [-0.4, -0.2) is 42.7 Å². The summed E-state index contributed by atoms with van der Waals surface area (Å²) in [5, 5.41) is 3.01. The van der Waals surface area contributed by atoms with Crippen molar-refractivity contribution in [3.63, 3.8) is 0 Å². The van der Waals surface area contributed by atoms with Gasteiger partial charge in [-0.2, -0.15) is 11.8 Å². The van der Waals surface area contributed by atoms with E-state index in [1.54, 1.807) is 7.05 Å². The molecule has 0 aliphatic carbocycles. The first-order chi connectivity index (χ1) is 8.58. The topological polar surface area (TPSA) is 64.3 Å². The SMILES string of the molecule is CNC(C)(CCCCSCC1CCCO1)C(N)=O. The van der Waals surface area contributed by atoms with Crippen LogP contribution in [0.15, 0.2) is 0 Å². The highest BCUT2D eigenvalue weighted by Gasteiger charge is 2.27. The number of carbonyl (C=O) groups is 1. The van der Waals surface area contributed by atoms with Gasteiger partial charge in [-0.1, -0.05) is 6.42 Å². The minimum Gasteiger partial charge on any atom is -0.377 e. The molecule has 4 nitrogen and oxygen atoms in total. The van der Waals surface area contributed by atoms with E-state index in [4.69, 9.17) is 10.5 Å². The van der Waals surface area contributed by atoms with Gasteiger partial charge in [0.15, 0.2) is 0 Å². The van der Waals surface area contributed by atoms with Crippen molar-refractivity contribution in [2.75, 3.05) is 25.2 Å². The Morgan fingerprint density at radius 3 is 2.89 bits per heavy atom. The molecule has 0 bridgehead atoms. The molecule has 18 heavy (non-hydrogen) atoms. The first kappa shape index (κ1) is 15.8. The lowest BCUT2D eigenvalue weighted by atomic mass is 9.94. The molecule has 3 N–H and O–H groups in total. The van der Waals surface area contributed by atoms with Gasteiger partial charge in [-0.05, 0) is 45.4 Å². The minimum atomic E-state index is -0.556. The van der Waals surface area contributed by atoms with E-state index < -0.39 is 5.54 Å². The number of likely N-dealkylation sites (N-methyl/N-ethyl adjacent to an activating group) is 1. The van der Waals surface area contributed by atoms with Gasteiger partial charge in [0.05, 0.1) is 11.6 Å². The Morgan fingerprint density at radius 1 is 1.56 bits per heavy atom. The largest absolute Gasteiger partial charge is 0.377 e. The number of amides is 1. The molecule has 0 aromatic rings. The number of rotatable bonds is 9. The second-order valence-corrected chi connectivity index (χ2v) is 6.26. The fourth-order valence-corrected chi connectivity index (χ4v) is 3.15.